The van der Waals surface area contributed by atoms with E-state index in [1.165, 1.54) is 24.3 Å². The van der Waals surface area contributed by atoms with Crippen molar-refractivity contribution in [2.75, 3.05) is 0 Å². The first-order chi connectivity index (χ1) is 9.77. The van der Waals surface area contributed by atoms with Crippen LogP contribution < -0.4 is 0 Å². The summed E-state index contributed by atoms with van der Waals surface area (Å²) in [6, 6.07) is 9.87. The highest BCUT2D eigenvalue weighted by atomic mass is 79.9. The lowest BCUT2D eigenvalue weighted by atomic mass is 9.99. The van der Waals surface area contributed by atoms with Crippen LogP contribution in [0, 0.1) is 5.82 Å². The summed E-state index contributed by atoms with van der Waals surface area (Å²) in [7, 11) is 0. The van der Waals surface area contributed by atoms with E-state index in [4.69, 9.17) is 0 Å². The Balaban J connectivity index is 2.33. The predicted molar refractivity (Wildman–Crippen MR) is 80.9 cm³/mol. The maximum atomic E-state index is 13.1. The lowest BCUT2D eigenvalue weighted by molar-refractivity contribution is -0.138. The van der Waals surface area contributed by atoms with Gasteiger partial charge in [0.25, 0.3) is 0 Å². The standard InChI is InChI=1S/C15H10Br2F4/c16-10-4-5-12(13(8-10)15(19,20)21)14(17)7-9-2-1-3-11(18)6-9/h1-6,8,14H,7H2. The van der Waals surface area contributed by atoms with Crippen LogP contribution in [0.3, 0.4) is 0 Å². The van der Waals surface area contributed by atoms with Crippen LogP contribution >= 0.6 is 31.9 Å². The fourth-order valence-electron chi connectivity index (χ4n) is 2.03. The first-order valence-corrected chi connectivity index (χ1v) is 7.73. The first-order valence-electron chi connectivity index (χ1n) is 6.02. The van der Waals surface area contributed by atoms with Crippen molar-refractivity contribution in [2.24, 2.45) is 0 Å². The zero-order chi connectivity index (χ0) is 15.6. The zero-order valence-electron chi connectivity index (χ0n) is 10.6. The summed E-state index contributed by atoms with van der Waals surface area (Å²) in [6.07, 6.45) is -4.17. The Morgan fingerprint density at radius 2 is 1.76 bits per heavy atom. The van der Waals surface area contributed by atoms with Crippen molar-refractivity contribution in [1.29, 1.82) is 0 Å². The molecule has 2 aromatic rings. The molecule has 0 spiro atoms. The number of halogens is 6. The molecule has 0 heterocycles. The van der Waals surface area contributed by atoms with Gasteiger partial charge < -0.3 is 0 Å². The molecule has 0 aliphatic heterocycles. The summed E-state index contributed by atoms with van der Waals surface area (Å²) >= 11 is 6.33. The molecule has 112 valence electrons. The molecule has 0 bridgehead atoms. The molecule has 0 saturated carbocycles. The molecule has 6 heteroatoms. The van der Waals surface area contributed by atoms with Crippen LogP contribution in [0.15, 0.2) is 46.9 Å². The molecule has 0 aliphatic rings. The van der Waals surface area contributed by atoms with Crippen molar-refractivity contribution in [3.05, 3.63) is 69.4 Å². The SMILES string of the molecule is Fc1cccc(CC(Br)c2ccc(Br)cc2C(F)(F)F)c1. The number of hydrogen-bond donors (Lipinski definition) is 0. The fourth-order valence-corrected chi connectivity index (χ4v) is 3.16. The van der Waals surface area contributed by atoms with E-state index in [-0.39, 0.29) is 12.0 Å². The minimum absolute atomic E-state index is 0.134. The van der Waals surface area contributed by atoms with Crippen LogP contribution in [0.5, 0.6) is 0 Å². The van der Waals surface area contributed by atoms with Gasteiger partial charge in [0.2, 0.25) is 0 Å². The van der Waals surface area contributed by atoms with Crippen molar-refractivity contribution < 1.29 is 17.6 Å². The molecule has 0 nitrogen and oxygen atoms in total. The molecule has 21 heavy (non-hydrogen) atoms. The van der Waals surface area contributed by atoms with Crippen LogP contribution in [0.4, 0.5) is 17.6 Å². The highest BCUT2D eigenvalue weighted by Gasteiger charge is 2.35. The first kappa shape index (κ1) is 16.5. The van der Waals surface area contributed by atoms with Gasteiger partial charge in [0, 0.05) is 9.30 Å². The van der Waals surface area contributed by atoms with E-state index in [9.17, 15) is 17.6 Å². The Kier molecular flexibility index (Phi) is 5.09. The molecule has 2 aromatic carbocycles. The highest BCUT2D eigenvalue weighted by molar-refractivity contribution is 9.10. The van der Waals surface area contributed by atoms with Crippen LogP contribution in [0.1, 0.15) is 21.5 Å². The van der Waals surface area contributed by atoms with E-state index in [2.05, 4.69) is 31.9 Å². The summed E-state index contributed by atoms with van der Waals surface area (Å²) in [6.45, 7) is 0. The molecule has 0 aliphatic carbocycles. The molecule has 0 radical (unpaired) electrons. The molecule has 0 aromatic heterocycles. The lowest BCUT2D eigenvalue weighted by Crippen LogP contribution is -2.11. The van der Waals surface area contributed by atoms with Gasteiger partial charge in [-0.25, -0.2) is 4.39 Å². The van der Waals surface area contributed by atoms with Gasteiger partial charge in [-0.05, 0) is 41.8 Å². The summed E-state index contributed by atoms with van der Waals surface area (Å²) in [5.41, 5.74) is 0.0676. The number of rotatable bonds is 3. The monoisotopic (exact) mass is 424 g/mol. The van der Waals surface area contributed by atoms with E-state index >= 15 is 0 Å². The minimum Gasteiger partial charge on any atom is -0.207 e. The average Bonchev–Trinajstić information content (AvgIpc) is 2.37. The summed E-state index contributed by atoms with van der Waals surface area (Å²) in [4.78, 5) is -0.552. The predicted octanol–water partition coefficient (Wildman–Crippen LogP) is 6.29. The molecule has 1 unspecified atom stereocenters. The van der Waals surface area contributed by atoms with Gasteiger partial charge in [0.05, 0.1) is 5.56 Å². The van der Waals surface area contributed by atoms with Crippen molar-refractivity contribution in [3.8, 4) is 0 Å². The quantitative estimate of drug-likeness (QED) is 0.400. The van der Waals surface area contributed by atoms with E-state index in [1.807, 2.05) is 0 Å². The fraction of sp³-hybridized carbons (Fsp3) is 0.200. The molecule has 0 N–H and O–H groups in total. The number of alkyl halides is 4. The number of benzene rings is 2. The van der Waals surface area contributed by atoms with Gasteiger partial charge in [-0.2, -0.15) is 13.2 Å². The van der Waals surface area contributed by atoms with Gasteiger partial charge in [-0.15, -0.1) is 0 Å². The zero-order valence-corrected chi connectivity index (χ0v) is 13.8. The molecular weight excluding hydrogens is 416 g/mol. The second kappa shape index (κ2) is 6.48. The third kappa shape index (κ3) is 4.30. The highest BCUT2D eigenvalue weighted by Crippen LogP contribution is 2.39. The van der Waals surface area contributed by atoms with E-state index in [0.29, 0.717) is 10.0 Å². The summed E-state index contributed by atoms with van der Waals surface area (Å²) < 4.78 is 52.8. The van der Waals surface area contributed by atoms with Crippen molar-refractivity contribution in [3.63, 3.8) is 0 Å². The molecular formula is C15H10Br2F4. The Labute approximate surface area is 136 Å². The largest absolute Gasteiger partial charge is 0.416 e. The third-order valence-corrected chi connectivity index (χ3v) is 4.27. The van der Waals surface area contributed by atoms with Gasteiger partial charge in [0.15, 0.2) is 0 Å². The van der Waals surface area contributed by atoms with Gasteiger partial charge >= 0.3 is 6.18 Å². The Bertz CT molecular complexity index is 638. The summed E-state index contributed by atoms with van der Waals surface area (Å²) in [5, 5.41) is 0. The van der Waals surface area contributed by atoms with Gasteiger partial charge in [-0.3, -0.25) is 0 Å². The van der Waals surface area contributed by atoms with Crippen molar-refractivity contribution in [2.45, 2.75) is 17.4 Å². The summed E-state index contributed by atoms with van der Waals surface area (Å²) in [5.74, 6) is -0.404. The van der Waals surface area contributed by atoms with Gasteiger partial charge in [-0.1, -0.05) is 50.1 Å². The molecule has 0 fully saturated rings. The topological polar surface area (TPSA) is 0 Å². The lowest BCUT2D eigenvalue weighted by Gasteiger charge is -2.18. The van der Waals surface area contributed by atoms with Crippen molar-refractivity contribution >= 4 is 31.9 Å². The van der Waals surface area contributed by atoms with Gasteiger partial charge in [0.1, 0.15) is 5.82 Å². The second-order valence-corrected chi connectivity index (χ2v) is 6.55. The van der Waals surface area contributed by atoms with E-state index < -0.39 is 22.4 Å². The molecule has 2 rings (SSSR count). The average molecular weight is 426 g/mol. The minimum atomic E-state index is -4.44. The second-order valence-electron chi connectivity index (χ2n) is 4.53. The molecule has 0 amide bonds. The Hall–Kier alpha value is -0.880. The van der Waals surface area contributed by atoms with Crippen LogP contribution in [-0.4, -0.2) is 0 Å². The van der Waals surface area contributed by atoms with E-state index in [1.54, 1.807) is 12.1 Å². The Morgan fingerprint density at radius 1 is 1.05 bits per heavy atom. The molecule has 0 saturated heterocycles. The van der Waals surface area contributed by atoms with Crippen molar-refractivity contribution in [1.82, 2.24) is 0 Å². The van der Waals surface area contributed by atoms with Crippen LogP contribution in [0.2, 0.25) is 0 Å². The smallest absolute Gasteiger partial charge is 0.207 e. The maximum absolute atomic E-state index is 13.1. The third-order valence-electron chi connectivity index (χ3n) is 2.96. The van der Waals surface area contributed by atoms with Crippen LogP contribution in [-0.2, 0) is 12.6 Å². The van der Waals surface area contributed by atoms with E-state index in [0.717, 1.165) is 6.07 Å². The van der Waals surface area contributed by atoms with Crippen LogP contribution in [0.25, 0.3) is 0 Å². The Morgan fingerprint density at radius 3 is 2.38 bits per heavy atom. The molecule has 1 atom stereocenters. The normalized spacial score (nSPS) is 13.2. The number of hydrogen-bond acceptors (Lipinski definition) is 0. The maximum Gasteiger partial charge on any atom is 0.416 e.